The molecule has 3 nitrogen and oxygen atoms in total. The third-order valence-electron chi connectivity index (χ3n) is 4.45. The molecule has 5 heteroatoms. The zero-order valence-corrected chi connectivity index (χ0v) is 14.4. The fourth-order valence-corrected chi connectivity index (χ4v) is 4.34. The third kappa shape index (κ3) is 2.12. The number of nitrogens with zero attached hydrogens (tertiary/aromatic N) is 2. The van der Waals surface area contributed by atoms with Crippen molar-refractivity contribution in [2.45, 2.75) is 18.7 Å². The molecule has 2 aliphatic rings. The van der Waals surface area contributed by atoms with Crippen LogP contribution < -0.4 is 5.01 Å². The van der Waals surface area contributed by atoms with E-state index >= 15 is 0 Å². The molecule has 2 heterocycles. The van der Waals surface area contributed by atoms with Gasteiger partial charge in [-0.25, -0.2) is 0 Å². The highest BCUT2D eigenvalue weighted by Gasteiger charge is 2.50. The topological polar surface area (TPSA) is 32.7 Å². The smallest absolute Gasteiger partial charge is 0.260 e. The highest BCUT2D eigenvalue weighted by Crippen LogP contribution is 2.45. The molecule has 2 aliphatic heterocycles. The van der Waals surface area contributed by atoms with Crippen molar-refractivity contribution in [3.05, 3.63) is 58.6 Å². The molecule has 0 fully saturated rings. The van der Waals surface area contributed by atoms with E-state index in [4.69, 9.17) is 11.6 Å². The molecule has 116 valence electrons. The average molecular weight is 343 g/mol. The molecule has 0 aromatic heterocycles. The first-order chi connectivity index (χ1) is 11.0. The Balaban J connectivity index is 1.85. The van der Waals surface area contributed by atoms with Crippen LogP contribution in [0.15, 0.2) is 52.5 Å². The molecule has 2 aromatic carbocycles. The Morgan fingerprint density at radius 2 is 2.04 bits per heavy atom. The Morgan fingerprint density at radius 1 is 1.26 bits per heavy atom. The van der Waals surface area contributed by atoms with Gasteiger partial charge in [-0.05, 0) is 37.6 Å². The Kier molecular flexibility index (Phi) is 3.29. The molecule has 0 N–H and O–H groups in total. The van der Waals surface area contributed by atoms with Crippen LogP contribution in [0.2, 0.25) is 5.02 Å². The fraction of sp³-hybridized carbons (Fsp3) is 0.222. The number of carbonyl (C=O) groups is 1. The summed E-state index contributed by atoms with van der Waals surface area (Å²) in [4.78, 5) is 14.2. The maximum atomic E-state index is 13.0. The molecule has 0 aliphatic carbocycles. The van der Waals surface area contributed by atoms with Gasteiger partial charge in [0.05, 0.1) is 11.4 Å². The Bertz CT molecular complexity index is 864. The number of hydrogen-bond donors (Lipinski definition) is 0. The summed E-state index contributed by atoms with van der Waals surface area (Å²) < 4.78 is 0. The monoisotopic (exact) mass is 342 g/mol. The predicted octanol–water partition coefficient (Wildman–Crippen LogP) is 4.51. The van der Waals surface area contributed by atoms with E-state index in [0.29, 0.717) is 10.8 Å². The molecular weight excluding hydrogens is 328 g/mol. The molecule has 0 saturated heterocycles. The van der Waals surface area contributed by atoms with Gasteiger partial charge in [0.2, 0.25) is 0 Å². The molecular formula is C18H15ClN2OS. The van der Waals surface area contributed by atoms with Crippen molar-refractivity contribution in [2.75, 3.05) is 10.8 Å². The molecule has 1 unspecified atom stereocenters. The minimum atomic E-state index is -0.587. The molecule has 0 spiro atoms. The lowest BCUT2D eigenvalue weighted by atomic mass is 9.83. The van der Waals surface area contributed by atoms with Crippen molar-refractivity contribution in [3.63, 3.8) is 0 Å². The lowest BCUT2D eigenvalue weighted by Crippen LogP contribution is -2.41. The van der Waals surface area contributed by atoms with Crippen LogP contribution in [0.1, 0.15) is 18.1 Å². The van der Waals surface area contributed by atoms with Crippen molar-refractivity contribution >= 4 is 40.7 Å². The number of hydrogen-bond acceptors (Lipinski definition) is 3. The zero-order chi connectivity index (χ0) is 16.2. The number of benzene rings is 2. The molecule has 4 rings (SSSR count). The number of anilines is 1. The first-order valence-electron chi connectivity index (χ1n) is 7.43. The second-order valence-corrected chi connectivity index (χ2v) is 7.54. The van der Waals surface area contributed by atoms with E-state index in [1.807, 2.05) is 44.2 Å². The van der Waals surface area contributed by atoms with Crippen molar-refractivity contribution in [3.8, 4) is 0 Å². The SMILES string of the molecule is Cc1ccc(N2N=C3c4ccccc4SCC3(C)C2=O)cc1Cl. The minimum Gasteiger partial charge on any atom is -0.271 e. The summed E-state index contributed by atoms with van der Waals surface area (Å²) in [5.74, 6) is 0.715. The van der Waals surface area contributed by atoms with Crippen LogP contribution in [0.5, 0.6) is 0 Å². The summed E-state index contributed by atoms with van der Waals surface area (Å²) in [6.45, 7) is 3.92. The summed E-state index contributed by atoms with van der Waals surface area (Å²) >= 11 is 7.93. The lowest BCUT2D eigenvalue weighted by Gasteiger charge is -2.29. The van der Waals surface area contributed by atoms with Gasteiger partial charge >= 0.3 is 0 Å². The standard InChI is InChI=1S/C18H15ClN2OS/c1-11-7-8-12(9-14(11)19)21-17(22)18(2)10-23-15-6-4-3-5-13(15)16(18)20-21/h3-9H,10H2,1-2H3. The molecule has 1 atom stereocenters. The van der Waals surface area contributed by atoms with Gasteiger partial charge in [-0.2, -0.15) is 10.1 Å². The second kappa shape index (κ2) is 5.11. The normalized spacial score (nSPS) is 22.7. The van der Waals surface area contributed by atoms with Gasteiger partial charge in [0, 0.05) is 21.2 Å². The number of thioether (sulfide) groups is 1. The lowest BCUT2D eigenvalue weighted by molar-refractivity contribution is -0.122. The Hall–Kier alpha value is -1.78. The number of fused-ring (bicyclic) bond motifs is 3. The average Bonchev–Trinajstić information content (AvgIpc) is 2.83. The summed E-state index contributed by atoms with van der Waals surface area (Å²) in [5.41, 5.74) is 3.03. The van der Waals surface area contributed by atoms with Gasteiger partial charge in [-0.15, -0.1) is 11.8 Å². The first-order valence-corrected chi connectivity index (χ1v) is 8.79. The largest absolute Gasteiger partial charge is 0.271 e. The molecule has 2 aromatic rings. The summed E-state index contributed by atoms with van der Waals surface area (Å²) in [6.07, 6.45) is 0. The van der Waals surface area contributed by atoms with Gasteiger partial charge in [0.15, 0.2) is 0 Å². The van der Waals surface area contributed by atoms with Gasteiger partial charge in [-0.3, -0.25) is 4.79 Å². The quantitative estimate of drug-likeness (QED) is 0.763. The molecule has 0 radical (unpaired) electrons. The van der Waals surface area contributed by atoms with Gasteiger partial charge in [0.25, 0.3) is 5.91 Å². The number of rotatable bonds is 1. The van der Waals surface area contributed by atoms with Crippen LogP contribution in [0.25, 0.3) is 0 Å². The Labute approximate surface area is 144 Å². The van der Waals surface area contributed by atoms with E-state index in [0.717, 1.165) is 22.5 Å². The molecule has 23 heavy (non-hydrogen) atoms. The summed E-state index contributed by atoms with van der Waals surface area (Å²) in [7, 11) is 0. The maximum absolute atomic E-state index is 13.0. The van der Waals surface area contributed by atoms with E-state index in [9.17, 15) is 4.79 Å². The van der Waals surface area contributed by atoms with Gasteiger partial charge in [-0.1, -0.05) is 35.9 Å². The van der Waals surface area contributed by atoms with Crippen LogP contribution in [0.4, 0.5) is 5.69 Å². The van der Waals surface area contributed by atoms with E-state index < -0.39 is 5.41 Å². The number of halogens is 1. The van der Waals surface area contributed by atoms with E-state index in [1.54, 1.807) is 17.8 Å². The summed E-state index contributed by atoms with van der Waals surface area (Å²) in [6, 6.07) is 13.7. The van der Waals surface area contributed by atoms with Crippen molar-refractivity contribution in [1.82, 2.24) is 0 Å². The predicted molar refractivity (Wildman–Crippen MR) is 95.5 cm³/mol. The van der Waals surface area contributed by atoms with Gasteiger partial charge in [0.1, 0.15) is 5.41 Å². The number of carbonyl (C=O) groups excluding carboxylic acids is 1. The fourth-order valence-electron chi connectivity index (χ4n) is 2.97. The van der Waals surface area contributed by atoms with Crippen molar-refractivity contribution < 1.29 is 4.79 Å². The first kappa shape index (κ1) is 14.8. The van der Waals surface area contributed by atoms with E-state index in [1.165, 1.54) is 9.90 Å². The van der Waals surface area contributed by atoms with Crippen LogP contribution >= 0.6 is 23.4 Å². The number of amides is 1. The second-order valence-electron chi connectivity index (χ2n) is 6.12. The van der Waals surface area contributed by atoms with Crippen LogP contribution in [-0.2, 0) is 4.79 Å². The summed E-state index contributed by atoms with van der Waals surface area (Å²) in [5, 5.41) is 6.82. The van der Waals surface area contributed by atoms with E-state index in [2.05, 4.69) is 11.2 Å². The zero-order valence-electron chi connectivity index (χ0n) is 12.8. The van der Waals surface area contributed by atoms with E-state index in [-0.39, 0.29) is 5.91 Å². The Morgan fingerprint density at radius 3 is 2.83 bits per heavy atom. The van der Waals surface area contributed by atoms with Crippen molar-refractivity contribution in [2.24, 2.45) is 10.5 Å². The minimum absolute atomic E-state index is 0.00872. The molecule has 1 amide bonds. The third-order valence-corrected chi connectivity index (χ3v) is 6.24. The molecule has 0 bridgehead atoms. The van der Waals surface area contributed by atoms with Crippen LogP contribution in [-0.4, -0.2) is 17.4 Å². The molecule has 0 saturated carbocycles. The highest BCUT2D eigenvalue weighted by molar-refractivity contribution is 7.99. The number of hydrazone groups is 1. The van der Waals surface area contributed by atoms with Crippen molar-refractivity contribution in [1.29, 1.82) is 0 Å². The van der Waals surface area contributed by atoms with Crippen LogP contribution in [0, 0.1) is 12.3 Å². The maximum Gasteiger partial charge on any atom is 0.260 e. The highest BCUT2D eigenvalue weighted by atomic mass is 35.5. The number of aryl methyl sites for hydroxylation is 1. The van der Waals surface area contributed by atoms with Gasteiger partial charge < -0.3 is 0 Å². The van der Waals surface area contributed by atoms with Crippen LogP contribution in [0.3, 0.4) is 0 Å².